The molecule has 1 fully saturated rings. The summed E-state index contributed by atoms with van der Waals surface area (Å²) in [4.78, 5) is 4.88. The van der Waals surface area contributed by atoms with E-state index in [1.54, 1.807) is 24.3 Å². The monoisotopic (exact) mass is 457 g/mol. The number of sulfonamides is 1. The molecule has 26 heavy (non-hydrogen) atoms. The SMILES string of the molecule is O=S(=O)(NCCN1CCN(c2ccc(Cl)cc2)CC1)c1ccc(Br)cc1. The summed E-state index contributed by atoms with van der Waals surface area (Å²) < 4.78 is 28.1. The van der Waals surface area contributed by atoms with Gasteiger partial charge in [-0.05, 0) is 48.5 Å². The van der Waals surface area contributed by atoms with Gasteiger partial charge in [0.15, 0.2) is 0 Å². The third kappa shape index (κ3) is 5.20. The number of halogens is 2. The van der Waals surface area contributed by atoms with Gasteiger partial charge in [0.05, 0.1) is 4.90 Å². The van der Waals surface area contributed by atoms with E-state index in [0.717, 1.165) is 35.7 Å². The summed E-state index contributed by atoms with van der Waals surface area (Å²) >= 11 is 9.24. The maximum absolute atomic E-state index is 12.3. The molecule has 140 valence electrons. The normalized spacial score (nSPS) is 16.0. The second kappa shape index (κ2) is 8.71. The van der Waals surface area contributed by atoms with Gasteiger partial charge in [0.1, 0.15) is 0 Å². The molecule has 0 bridgehead atoms. The van der Waals surface area contributed by atoms with Gasteiger partial charge in [-0.3, -0.25) is 4.90 Å². The zero-order valence-electron chi connectivity index (χ0n) is 14.2. The van der Waals surface area contributed by atoms with Gasteiger partial charge in [-0.15, -0.1) is 0 Å². The van der Waals surface area contributed by atoms with E-state index < -0.39 is 10.0 Å². The number of hydrogen-bond donors (Lipinski definition) is 1. The Hall–Kier alpha value is -1.12. The van der Waals surface area contributed by atoms with Crippen molar-refractivity contribution in [1.29, 1.82) is 0 Å². The van der Waals surface area contributed by atoms with Gasteiger partial charge in [-0.1, -0.05) is 27.5 Å². The number of piperazine rings is 1. The summed E-state index contributed by atoms with van der Waals surface area (Å²) in [7, 11) is -3.46. The molecule has 3 rings (SSSR count). The molecular weight excluding hydrogens is 438 g/mol. The molecule has 1 saturated heterocycles. The smallest absolute Gasteiger partial charge is 0.240 e. The highest BCUT2D eigenvalue weighted by Gasteiger charge is 2.18. The minimum atomic E-state index is -3.46. The molecule has 0 amide bonds. The number of hydrogen-bond acceptors (Lipinski definition) is 4. The van der Waals surface area contributed by atoms with E-state index in [2.05, 4.69) is 30.5 Å². The van der Waals surface area contributed by atoms with E-state index in [1.807, 2.05) is 24.3 Å². The molecule has 0 unspecified atom stereocenters. The molecule has 1 aliphatic heterocycles. The quantitative estimate of drug-likeness (QED) is 0.722. The van der Waals surface area contributed by atoms with Crippen LogP contribution in [0.4, 0.5) is 5.69 Å². The maximum atomic E-state index is 12.3. The van der Waals surface area contributed by atoms with Crippen molar-refractivity contribution < 1.29 is 8.42 Å². The van der Waals surface area contributed by atoms with Crippen LogP contribution in [0.3, 0.4) is 0 Å². The lowest BCUT2D eigenvalue weighted by atomic mass is 10.2. The van der Waals surface area contributed by atoms with Crippen molar-refractivity contribution in [1.82, 2.24) is 9.62 Å². The zero-order valence-corrected chi connectivity index (χ0v) is 17.4. The maximum Gasteiger partial charge on any atom is 0.240 e. The molecule has 0 spiro atoms. The van der Waals surface area contributed by atoms with Gasteiger partial charge in [-0.2, -0.15) is 0 Å². The van der Waals surface area contributed by atoms with Crippen LogP contribution in [0.5, 0.6) is 0 Å². The van der Waals surface area contributed by atoms with Gasteiger partial charge in [-0.25, -0.2) is 13.1 Å². The highest BCUT2D eigenvalue weighted by Crippen LogP contribution is 2.19. The van der Waals surface area contributed by atoms with Crippen molar-refractivity contribution in [2.75, 3.05) is 44.2 Å². The van der Waals surface area contributed by atoms with E-state index >= 15 is 0 Å². The Morgan fingerprint density at radius 2 is 1.58 bits per heavy atom. The van der Waals surface area contributed by atoms with Crippen LogP contribution in [-0.4, -0.2) is 52.6 Å². The van der Waals surface area contributed by atoms with Crippen molar-refractivity contribution in [2.24, 2.45) is 0 Å². The van der Waals surface area contributed by atoms with Crippen LogP contribution in [0, 0.1) is 0 Å². The summed E-state index contributed by atoms with van der Waals surface area (Å²) in [6.07, 6.45) is 0. The van der Waals surface area contributed by atoms with Crippen molar-refractivity contribution in [3.05, 3.63) is 58.0 Å². The summed E-state index contributed by atoms with van der Waals surface area (Å²) in [6, 6.07) is 14.5. The molecule has 0 radical (unpaired) electrons. The molecule has 0 atom stereocenters. The third-order valence-electron chi connectivity index (χ3n) is 4.41. The molecule has 1 aliphatic rings. The molecule has 0 aliphatic carbocycles. The van der Waals surface area contributed by atoms with Gasteiger partial charge >= 0.3 is 0 Å². The van der Waals surface area contributed by atoms with Crippen molar-refractivity contribution in [3.63, 3.8) is 0 Å². The molecule has 0 aromatic heterocycles. The third-order valence-corrected chi connectivity index (χ3v) is 6.67. The lowest BCUT2D eigenvalue weighted by Gasteiger charge is -2.36. The molecule has 2 aromatic carbocycles. The van der Waals surface area contributed by atoms with Crippen LogP contribution >= 0.6 is 27.5 Å². The Morgan fingerprint density at radius 1 is 0.962 bits per heavy atom. The Labute approximate surface area is 168 Å². The second-order valence-electron chi connectivity index (χ2n) is 6.16. The molecule has 2 aromatic rings. The van der Waals surface area contributed by atoms with Gasteiger partial charge < -0.3 is 4.90 Å². The van der Waals surface area contributed by atoms with E-state index in [-0.39, 0.29) is 4.90 Å². The average molecular weight is 459 g/mol. The van der Waals surface area contributed by atoms with Crippen LogP contribution in [0.1, 0.15) is 0 Å². The van der Waals surface area contributed by atoms with E-state index in [4.69, 9.17) is 11.6 Å². The number of anilines is 1. The first-order valence-electron chi connectivity index (χ1n) is 8.42. The topological polar surface area (TPSA) is 52.7 Å². The average Bonchev–Trinajstić information content (AvgIpc) is 2.63. The fourth-order valence-corrected chi connectivity index (χ4v) is 4.33. The van der Waals surface area contributed by atoms with Crippen molar-refractivity contribution >= 4 is 43.2 Å². The molecule has 8 heteroatoms. The van der Waals surface area contributed by atoms with Crippen LogP contribution in [0.2, 0.25) is 5.02 Å². The summed E-state index contributed by atoms with van der Waals surface area (Å²) in [5, 5.41) is 0.741. The fraction of sp³-hybridized carbons (Fsp3) is 0.333. The Bertz CT molecular complexity index is 821. The van der Waals surface area contributed by atoms with E-state index in [9.17, 15) is 8.42 Å². The Kier molecular flexibility index (Phi) is 6.58. The van der Waals surface area contributed by atoms with E-state index in [1.165, 1.54) is 5.69 Å². The molecule has 5 nitrogen and oxygen atoms in total. The second-order valence-corrected chi connectivity index (χ2v) is 9.28. The lowest BCUT2D eigenvalue weighted by Crippen LogP contribution is -2.48. The number of benzene rings is 2. The minimum absolute atomic E-state index is 0.285. The van der Waals surface area contributed by atoms with Crippen LogP contribution < -0.4 is 9.62 Å². The summed E-state index contributed by atoms with van der Waals surface area (Å²) in [6.45, 7) is 4.75. The molecule has 0 saturated carbocycles. The minimum Gasteiger partial charge on any atom is -0.369 e. The van der Waals surface area contributed by atoms with Crippen LogP contribution in [0.25, 0.3) is 0 Å². The molecule has 1 heterocycles. The standard InChI is InChI=1S/C18H21BrClN3O2S/c19-15-1-7-18(8-2-15)26(24,25)21-9-10-22-11-13-23(14-12-22)17-5-3-16(20)4-6-17/h1-8,21H,9-14H2. The zero-order chi connectivity index (χ0) is 18.6. The van der Waals surface area contributed by atoms with Crippen LogP contribution in [-0.2, 0) is 10.0 Å². The highest BCUT2D eigenvalue weighted by atomic mass is 79.9. The first-order chi connectivity index (χ1) is 12.4. The van der Waals surface area contributed by atoms with Crippen molar-refractivity contribution in [2.45, 2.75) is 4.90 Å². The summed E-state index contributed by atoms with van der Waals surface area (Å²) in [5.74, 6) is 0. The predicted molar refractivity (Wildman–Crippen MR) is 109 cm³/mol. The van der Waals surface area contributed by atoms with Gasteiger partial charge in [0.2, 0.25) is 10.0 Å². The summed E-state index contributed by atoms with van der Waals surface area (Å²) in [5.41, 5.74) is 1.17. The fourth-order valence-electron chi connectivity index (χ4n) is 2.92. The molecular formula is C18H21BrClN3O2S. The van der Waals surface area contributed by atoms with Crippen LogP contribution in [0.15, 0.2) is 57.9 Å². The van der Waals surface area contributed by atoms with Gasteiger partial charge in [0, 0.05) is 54.5 Å². The van der Waals surface area contributed by atoms with Crippen molar-refractivity contribution in [3.8, 4) is 0 Å². The highest BCUT2D eigenvalue weighted by molar-refractivity contribution is 9.10. The lowest BCUT2D eigenvalue weighted by molar-refractivity contribution is 0.262. The largest absolute Gasteiger partial charge is 0.369 e. The van der Waals surface area contributed by atoms with E-state index in [0.29, 0.717) is 13.1 Å². The first kappa shape index (κ1) is 19.6. The van der Waals surface area contributed by atoms with Gasteiger partial charge in [0.25, 0.3) is 0 Å². The Balaban J connectivity index is 1.45. The molecule has 1 N–H and O–H groups in total. The number of nitrogens with zero attached hydrogens (tertiary/aromatic N) is 2. The predicted octanol–water partition coefficient (Wildman–Crippen LogP) is 3.20. The number of nitrogens with one attached hydrogen (secondary N) is 1. The Morgan fingerprint density at radius 3 is 2.19 bits per heavy atom. The first-order valence-corrected chi connectivity index (χ1v) is 11.1. The number of rotatable bonds is 6.